The third-order valence-electron chi connectivity index (χ3n) is 3.59. The van der Waals surface area contributed by atoms with Crippen molar-refractivity contribution in [3.63, 3.8) is 0 Å². The molecule has 1 saturated carbocycles. The molecule has 0 spiro atoms. The molecule has 6 nitrogen and oxygen atoms in total. The van der Waals surface area contributed by atoms with Gasteiger partial charge in [0.25, 0.3) is 0 Å². The summed E-state index contributed by atoms with van der Waals surface area (Å²) >= 11 is 0. The van der Waals surface area contributed by atoms with Crippen molar-refractivity contribution in [1.82, 2.24) is 15.5 Å². The van der Waals surface area contributed by atoms with Gasteiger partial charge in [0.1, 0.15) is 0 Å². The van der Waals surface area contributed by atoms with Crippen LogP contribution in [-0.4, -0.2) is 36.0 Å². The fraction of sp³-hybridized carbons (Fsp3) is 0.833. The maximum atomic E-state index is 5.56. The van der Waals surface area contributed by atoms with Crippen LogP contribution in [0, 0.1) is 0 Å². The van der Waals surface area contributed by atoms with Crippen molar-refractivity contribution < 1.29 is 9.15 Å². The summed E-state index contributed by atoms with van der Waals surface area (Å²) in [4.78, 5) is 0. The second-order valence-electron chi connectivity index (χ2n) is 4.78. The average Bonchev–Trinajstić information content (AvgIpc) is 2.77. The first-order valence-corrected chi connectivity index (χ1v) is 6.58. The van der Waals surface area contributed by atoms with Gasteiger partial charge in [-0.05, 0) is 25.7 Å². The highest BCUT2D eigenvalue weighted by molar-refractivity contribution is 5.26. The fourth-order valence-corrected chi connectivity index (χ4v) is 2.14. The number of ether oxygens (including phenoxy) is 1. The molecular formula is C12H22N4O2. The molecule has 1 heterocycles. The molecule has 0 radical (unpaired) electrons. The van der Waals surface area contributed by atoms with Crippen molar-refractivity contribution >= 4 is 6.01 Å². The summed E-state index contributed by atoms with van der Waals surface area (Å²) in [7, 11) is 1.68. The quantitative estimate of drug-likeness (QED) is 0.686. The number of hydrogen-bond donors (Lipinski definition) is 2. The standard InChI is InChI=1S/C12H22N4O2/c1-3-12(5-4-6-12)14-11-16-15-10(18-11)9-13-7-8-17-2/h13H,3-9H2,1-2H3,(H,14,16). The first kappa shape index (κ1) is 13.3. The summed E-state index contributed by atoms with van der Waals surface area (Å²) in [6.45, 7) is 4.23. The van der Waals surface area contributed by atoms with Crippen LogP contribution in [0.4, 0.5) is 6.01 Å². The highest BCUT2D eigenvalue weighted by Crippen LogP contribution is 2.37. The summed E-state index contributed by atoms with van der Waals surface area (Å²) in [5.41, 5.74) is 0.188. The van der Waals surface area contributed by atoms with E-state index in [2.05, 4.69) is 27.8 Å². The fourth-order valence-electron chi connectivity index (χ4n) is 2.14. The lowest BCUT2D eigenvalue weighted by Crippen LogP contribution is -2.44. The van der Waals surface area contributed by atoms with Crippen LogP contribution in [0.5, 0.6) is 0 Å². The molecule has 0 atom stereocenters. The van der Waals surface area contributed by atoms with Gasteiger partial charge < -0.3 is 19.8 Å². The molecule has 2 rings (SSSR count). The van der Waals surface area contributed by atoms with Gasteiger partial charge in [-0.25, -0.2) is 0 Å². The molecule has 0 unspecified atom stereocenters. The molecule has 1 aromatic rings. The topological polar surface area (TPSA) is 72.2 Å². The van der Waals surface area contributed by atoms with Gasteiger partial charge in [-0.1, -0.05) is 12.0 Å². The Morgan fingerprint density at radius 1 is 1.39 bits per heavy atom. The molecule has 1 aliphatic rings. The number of aromatic nitrogens is 2. The number of nitrogens with zero attached hydrogens (tertiary/aromatic N) is 2. The average molecular weight is 254 g/mol. The third kappa shape index (κ3) is 3.20. The van der Waals surface area contributed by atoms with E-state index in [1.54, 1.807) is 7.11 Å². The van der Waals surface area contributed by atoms with Gasteiger partial charge >= 0.3 is 6.01 Å². The number of nitrogens with one attached hydrogen (secondary N) is 2. The minimum Gasteiger partial charge on any atom is -0.407 e. The molecule has 2 N–H and O–H groups in total. The molecule has 0 amide bonds. The first-order valence-electron chi connectivity index (χ1n) is 6.58. The Morgan fingerprint density at radius 3 is 2.83 bits per heavy atom. The number of hydrogen-bond acceptors (Lipinski definition) is 6. The van der Waals surface area contributed by atoms with Crippen molar-refractivity contribution in [2.75, 3.05) is 25.6 Å². The molecule has 1 aromatic heterocycles. The predicted octanol–water partition coefficient (Wildman–Crippen LogP) is 1.55. The number of methoxy groups -OCH3 is 1. The van der Waals surface area contributed by atoms with Crippen molar-refractivity contribution in [2.24, 2.45) is 0 Å². The molecule has 1 aliphatic carbocycles. The van der Waals surface area contributed by atoms with Crippen LogP contribution in [0.2, 0.25) is 0 Å². The molecule has 18 heavy (non-hydrogen) atoms. The summed E-state index contributed by atoms with van der Waals surface area (Å²) in [5, 5.41) is 14.6. The van der Waals surface area contributed by atoms with E-state index in [0.717, 1.165) is 13.0 Å². The van der Waals surface area contributed by atoms with E-state index in [4.69, 9.17) is 9.15 Å². The predicted molar refractivity (Wildman–Crippen MR) is 68.4 cm³/mol. The maximum absolute atomic E-state index is 5.56. The van der Waals surface area contributed by atoms with Crippen LogP contribution in [0.15, 0.2) is 4.42 Å². The Morgan fingerprint density at radius 2 is 2.22 bits per heavy atom. The van der Waals surface area contributed by atoms with E-state index in [1.165, 1.54) is 19.3 Å². The van der Waals surface area contributed by atoms with E-state index < -0.39 is 0 Å². The molecule has 0 aliphatic heterocycles. The zero-order valence-electron chi connectivity index (χ0n) is 11.2. The molecule has 1 fully saturated rings. The number of rotatable bonds is 8. The molecule has 0 aromatic carbocycles. The highest BCUT2D eigenvalue weighted by Gasteiger charge is 2.36. The number of anilines is 1. The van der Waals surface area contributed by atoms with Crippen LogP contribution in [0.3, 0.4) is 0 Å². The van der Waals surface area contributed by atoms with Crippen molar-refractivity contribution in [2.45, 2.75) is 44.7 Å². The Kier molecular flexibility index (Phi) is 4.54. The SMILES string of the molecule is CCC1(Nc2nnc(CNCCOC)o2)CCC1. The van der Waals surface area contributed by atoms with Crippen LogP contribution in [0.25, 0.3) is 0 Å². The zero-order chi connectivity index (χ0) is 12.8. The summed E-state index contributed by atoms with van der Waals surface area (Å²) < 4.78 is 10.5. The van der Waals surface area contributed by atoms with E-state index in [9.17, 15) is 0 Å². The van der Waals surface area contributed by atoms with Gasteiger partial charge in [0.05, 0.1) is 13.2 Å². The Balaban J connectivity index is 1.79. The molecular weight excluding hydrogens is 232 g/mol. The van der Waals surface area contributed by atoms with Crippen LogP contribution in [0.1, 0.15) is 38.5 Å². The lowest BCUT2D eigenvalue weighted by atomic mass is 9.75. The Labute approximate surface area is 107 Å². The van der Waals surface area contributed by atoms with E-state index in [1.807, 2.05) is 0 Å². The zero-order valence-corrected chi connectivity index (χ0v) is 11.2. The van der Waals surface area contributed by atoms with Gasteiger partial charge in [0, 0.05) is 19.2 Å². The smallest absolute Gasteiger partial charge is 0.315 e. The minimum atomic E-state index is 0.188. The second-order valence-corrected chi connectivity index (χ2v) is 4.78. The van der Waals surface area contributed by atoms with Crippen LogP contribution in [-0.2, 0) is 11.3 Å². The second kappa shape index (κ2) is 6.15. The van der Waals surface area contributed by atoms with E-state index in [0.29, 0.717) is 25.1 Å². The molecule has 6 heteroatoms. The summed E-state index contributed by atoms with van der Waals surface area (Å²) in [5.74, 6) is 0.610. The highest BCUT2D eigenvalue weighted by atomic mass is 16.5. The van der Waals surface area contributed by atoms with Gasteiger partial charge in [-0.3, -0.25) is 0 Å². The molecule has 102 valence electrons. The van der Waals surface area contributed by atoms with Gasteiger partial charge in [0.2, 0.25) is 5.89 Å². The Bertz CT molecular complexity index is 357. The maximum Gasteiger partial charge on any atom is 0.315 e. The van der Waals surface area contributed by atoms with Crippen LogP contribution >= 0.6 is 0 Å². The summed E-state index contributed by atoms with van der Waals surface area (Å²) in [6, 6.07) is 0.542. The Hall–Kier alpha value is -1.14. The monoisotopic (exact) mass is 254 g/mol. The normalized spacial score (nSPS) is 17.4. The van der Waals surface area contributed by atoms with Gasteiger partial charge in [-0.15, -0.1) is 5.10 Å². The van der Waals surface area contributed by atoms with Crippen molar-refractivity contribution in [3.05, 3.63) is 5.89 Å². The third-order valence-corrected chi connectivity index (χ3v) is 3.59. The van der Waals surface area contributed by atoms with Crippen molar-refractivity contribution in [1.29, 1.82) is 0 Å². The van der Waals surface area contributed by atoms with Crippen molar-refractivity contribution in [3.8, 4) is 0 Å². The van der Waals surface area contributed by atoms with Gasteiger partial charge in [-0.2, -0.15) is 0 Å². The minimum absolute atomic E-state index is 0.188. The molecule has 0 bridgehead atoms. The lowest BCUT2D eigenvalue weighted by Gasteiger charge is -2.41. The molecule has 0 saturated heterocycles. The van der Waals surface area contributed by atoms with Crippen LogP contribution < -0.4 is 10.6 Å². The lowest BCUT2D eigenvalue weighted by molar-refractivity contribution is 0.198. The van der Waals surface area contributed by atoms with Gasteiger partial charge in [0.15, 0.2) is 0 Å². The largest absolute Gasteiger partial charge is 0.407 e. The summed E-state index contributed by atoms with van der Waals surface area (Å²) in [6.07, 6.45) is 4.75. The van der Waals surface area contributed by atoms with E-state index in [-0.39, 0.29) is 5.54 Å². The first-order chi connectivity index (χ1) is 8.78. The van der Waals surface area contributed by atoms with E-state index >= 15 is 0 Å².